The van der Waals surface area contributed by atoms with Gasteiger partial charge < -0.3 is 5.32 Å². The third-order valence-corrected chi connectivity index (χ3v) is 2.01. The maximum absolute atomic E-state index is 12.9. The Morgan fingerprint density at radius 1 is 1.50 bits per heavy atom. The van der Waals surface area contributed by atoms with Crippen LogP contribution in [0.15, 0.2) is 18.2 Å². The molecule has 0 aromatic heterocycles. The van der Waals surface area contributed by atoms with Crippen LogP contribution < -0.4 is 5.32 Å². The van der Waals surface area contributed by atoms with Crippen molar-refractivity contribution in [3.8, 4) is 12.3 Å². The van der Waals surface area contributed by atoms with Gasteiger partial charge in [-0.05, 0) is 31.0 Å². The lowest BCUT2D eigenvalue weighted by Crippen LogP contribution is -2.02. The highest BCUT2D eigenvalue weighted by Crippen LogP contribution is 2.15. The van der Waals surface area contributed by atoms with Crippen LogP contribution in [-0.2, 0) is 0 Å². The summed E-state index contributed by atoms with van der Waals surface area (Å²) in [7, 11) is 0. The Kier molecular flexibility index (Phi) is 4.00. The Hall–Kier alpha value is -1.49. The fourth-order valence-electron chi connectivity index (χ4n) is 1.20. The van der Waals surface area contributed by atoms with Gasteiger partial charge in [-0.1, -0.05) is 6.07 Å². The second-order valence-electron chi connectivity index (χ2n) is 3.19. The number of hydrogen-bond acceptors (Lipinski definition) is 1. The maximum Gasteiger partial charge on any atom is 0.125 e. The van der Waals surface area contributed by atoms with Crippen LogP contribution in [0.4, 0.5) is 10.1 Å². The highest BCUT2D eigenvalue weighted by atomic mass is 19.1. The Morgan fingerprint density at radius 2 is 2.29 bits per heavy atom. The van der Waals surface area contributed by atoms with Gasteiger partial charge in [0.15, 0.2) is 0 Å². The van der Waals surface area contributed by atoms with Gasteiger partial charge in [0.1, 0.15) is 5.82 Å². The second kappa shape index (κ2) is 5.29. The van der Waals surface area contributed by atoms with Crippen molar-refractivity contribution in [2.24, 2.45) is 0 Å². The number of aryl methyl sites for hydroxylation is 1. The molecule has 0 bridgehead atoms. The molecule has 0 aliphatic rings. The molecule has 0 spiro atoms. The summed E-state index contributed by atoms with van der Waals surface area (Å²) in [6, 6.07) is 4.73. The van der Waals surface area contributed by atoms with Crippen LogP contribution in [0.2, 0.25) is 0 Å². The standard InChI is InChI=1S/C12H14FN/c1-3-4-5-8-14-12-9-11(13)7-6-10(12)2/h1,6-7,9,14H,4-5,8H2,2H3. The first-order chi connectivity index (χ1) is 6.74. The normalized spacial score (nSPS) is 9.50. The van der Waals surface area contributed by atoms with Crippen molar-refractivity contribution in [1.29, 1.82) is 0 Å². The smallest absolute Gasteiger partial charge is 0.125 e. The number of hydrogen-bond donors (Lipinski definition) is 1. The van der Waals surface area contributed by atoms with E-state index in [1.54, 1.807) is 6.07 Å². The predicted molar refractivity (Wildman–Crippen MR) is 57.7 cm³/mol. The SMILES string of the molecule is C#CCCCNc1cc(F)ccc1C. The molecule has 1 aromatic rings. The average Bonchev–Trinajstić information content (AvgIpc) is 2.18. The molecular weight excluding hydrogens is 177 g/mol. The topological polar surface area (TPSA) is 12.0 Å². The lowest BCUT2D eigenvalue weighted by molar-refractivity contribution is 0.627. The van der Waals surface area contributed by atoms with Crippen LogP contribution in [0, 0.1) is 25.1 Å². The summed E-state index contributed by atoms with van der Waals surface area (Å²) in [6.07, 6.45) is 6.78. The van der Waals surface area contributed by atoms with E-state index in [9.17, 15) is 4.39 Å². The molecule has 0 saturated heterocycles. The van der Waals surface area contributed by atoms with Crippen LogP contribution in [-0.4, -0.2) is 6.54 Å². The van der Waals surface area contributed by atoms with Crippen molar-refractivity contribution >= 4 is 5.69 Å². The molecule has 0 aliphatic carbocycles. The number of rotatable bonds is 4. The molecule has 0 amide bonds. The van der Waals surface area contributed by atoms with Crippen LogP contribution in [0.25, 0.3) is 0 Å². The van der Waals surface area contributed by atoms with E-state index in [1.807, 2.05) is 6.92 Å². The zero-order valence-electron chi connectivity index (χ0n) is 8.31. The van der Waals surface area contributed by atoms with Crippen molar-refractivity contribution in [3.63, 3.8) is 0 Å². The molecule has 1 aromatic carbocycles. The van der Waals surface area contributed by atoms with Crippen molar-refractivity contribution < 1.29 is 4.39 Å². The fraction of sp³-hybridized carbons (Fsp3) is 0.333. The van der Waals surface area contributed by atoms with Gasteiger partial charge in [0.2, 0.25) is 0 Å². The highest BCUT2D eigenvalue weighted by molar-refractivity contribution is 5.50. The summed E-state index contributed by atoms with van der Waals surface area (Å²) in [6.45, 7) is 2.73. The lowest BCUT2D eigenvalue weighted by Gasteiger charge is -2.08. The lowest BCUT2D eigenvalue weighted by atomic mass is 10.2. The quantitative estimate of drug-likeness (QED) is 0.570. The van der Waals surface area contributed by atoms with Gasteiger partial charge >= 0.3 is 0 Å². The van der Waals surface area contributed by atoms with Crippen molar-refractivity contribution in [2.75, 3.05) is 11.9 Å². The maximum atomic E-state index is 12.9. The summed E-state index contributed by atoms with van der Waals surface area (Å²) < 4.78 is 12.9. The van der Waals surface area contributed by atoms with E-state index in [0.29, 0.717) is 0 Å². The van der Waals surface area contributed by atoms with E-state index in [-0.39, 0.29) is 5.82 Å². The third-order valence-electron chi connectivity index (χ3n) is 2.01. The van der Waals surface area contributed by atoms with Crippen molar-refractivity contribution in [2.45, 2.75) is 19.8 Å². The van der Waals surface area contributed by atoms with Gasteiger partial charge in [-0.2, -0.15) is 0 Å². The van der Waals surface area contributed by atoms with Crippen molar-refractivity contribution in [1.82, 2.24) is 0 Å². The monoisotopic (exact) mass is 191 g/mol. The van der Waals surface area contributed by atoms with Crippen LogP contribution >= 0.6 is 0 Å². The minimum atomic E-state index is -0.213. The molecule has 0 fully saturated rings. The molecule has 0 radical (unpaired) electrons. The first-order valence-corrected chi connectivity index (χ1v) is 4.67. The fourth-order valence-corrected chi connectivity index (χ4v) is 1.20. The summed E-state index contributed by atoms with van der Waals surface area (Å²) >= 11 is 0. The molecule has 0 saturated carbocycles. The van der Waals surface area contributed by atoms with E-state index in [0.717, 1.165) is 30.6 Å². The van der Waals surface area contributed by atoms with E-state index in [1.165, 1.54) is 12.1 Å². The largest absolute Gasteiger partial charge is 0.385 e. The number of nitrogens with one attached hydrogen (secondary N) is 1. The van der Waals surface area contributed by atoms with E-state index >= 15 is 0 Å². The average molecular weight is 191 g/mol. The van der Waals surface area contributed by atoms with Crippen LogP contribution in [0.3, 0.4) is 0 Å². The first kappa shape index (κ1) is 10.6. The highest BCUT2D eigenvalue weighted by Gasteiger charge is 1.98. The van der Waals surface area contributed by atoms with Crippen LogP contribution in [0.1, 0.15) is 18.4 Å². The van der Waals surface area contributed by atoms with E-state index in [2.05, 4.69) is 11.2 Å². The second-order valence-corrected chi connectivity index (χ2v) is 3.19. The summed E-state index contributed by atoms with van der Waals surface area (Å²) in [4.78, 5) is 0. The zero-order valence-corrected chi connectivity index (χ0v) is 8.31. The minimum absolute atomic E-state index is 0.213. The summed E-state index contributed by atoms with van der Waals surface area (Å²) in [5.74, 6) is 2.35. The summed E-state index contributed by atoms with van der Waals surface area (Å²) in [5.41, 5.74) is 1.90. The zero-order chi connectivity index (χ0) is 10.4. The number of terminal acetylenes is 1. The number of unbranched alkanes of at least 4 members (excludes halogenated alkanes) is 1. The predicted octanol–water partition coefficient (Wildman–Crippen LogP) is 2.96. The molecule has 0 unspecified atom stereocenters. The number of benzene rings is 1. The van der Waals surface area contributed by atoms with Crippen molar-refractivity contribution in [3.05, 3.63) is 29.6 Å². The first-order valence-electron chi connectivity index (χ1n) is 4.67. The van der Waals surface area contributed by atoms with E-state index < -0.39 is 0 Å². The van der Waals surface area contributed by atoms with Crippen LogP contribution in [0.5, 0.6) is 0 Å². The molecule has 1 rings (SSSR count). The molecule has 74 valence electrons. The molecule has 2 heteroatoms. The number of halogens is 1. The minimum Gasteiger partial charge on any atom is -0.385 e. The van der Waals surface area contributed by atoms with Gasteiger partial charge in [-0.15, -0.1) is 12.3 Å². The molecule has 1 nitrogen and oxygen atoms in total. The van der Waals surface area contributed by atoms with E-state index in [4.69, 9.17) is 6.42 Å². The van der Waals surface area contributed by atoms with Gasteiger partial charge in [0.25, 0.3) is 0 Å². The molecule has 14 heavy (non-hydrogen) atoms. The molecule has 1 N–H and O–H groups in total. The van der Waals surface area contributed by atoms with Gasteiger partial charge in [-0.25, -0.2) is 4.39 Å². The summed E-state index contributed by atoms with van der Waals surface area (Å²) in [5, 5.41) is 3.15. The Balaban J connectivity index is 2.50. The number of anilines is 1. The molecule has 0 aliphatic heterocycles. The van der Waals surface area contributed by atoms with Gasteiger partial charge in [0.05, 0.1) is 0 Å². The Morgan fingerprint density at radius 3 is 3.00 bits per heavy atom. The molecule has 0 atom stereocenters. The molecule has 0 heterocycles. The van der Waals surface area contributed by atoms with Gasteiger partial charge in [0, 0.05) is 18.7 Å². The Labute approximate surface area is 84.3 Å². The molecular formula is C12H14FN. The third kappa shape index (κ3) is 3.10. The Bertz CT molecular complexity index is 339. The van der Waals surface area contributed by atoms with Gasteiger partial charge in [-0.3, -0.25) is 0 Å².